The highest BCUT2D eigenvalue weighted by Crippen LogP contribution is 2.26. The molecule has 2 N–H and O–H groups in total. The maximum absolute atomic E-state index is 12.5. The second kappa shape index (κ2) is 18.5. The van der Waals surface area contributed by atoms with E-state index in [2.05, 4.69) is 30.6 Å². The Bertz CT molecular complexity index is 1430. The van der Waals surface area contributed by atoms with Crippen LogP contribution in [0, 0.1) is 0 Å². The van der Waals surface area contributed by atoms with E-state index in [1.54, 1.807) is 0 Å². The number of carbonyl (C=O) groups excluding carboxylic acids is 2. The smallest absolute Gasteiger partial charge is 0.324 e. The Morgan fingerprint density at radius 3 is 1.06 bits per heavy atom. The molecule has 0 radical (unpaired) electrons. The van der Waals surface area contributed by atoms with Crippen LogP contribution < -0.4 is 39.1 Å². The Labute approximate surface area is 280 Å². The third kappa shape index (κ3) is 11.3. The van der Waals surface area contributed by atoms with Crippen molar-refractivity contribution in [1.29, 1.82) is 0 Å². The second-order valence-electron chi connectivity index (χ2n) is 10.6. The maximum Gasteiger partial charge on any atom is 0.324 e. The molecule has 0 spiro atoms. The fourth-order valence-corrected chi connectivity index (χ4v) is 4.02. The summed E-state index contributed by atoms with van der Waals surface area (Å²) in [6, 6.07) is 21.3. The van der Waals surface area contributed by atoms with Gasteiger partial charge in [-0.25, -0.2) is 0 Å². The van der Waals surface area contributed by atoms with Crippen LogP contribution in [0.25, 0.3) is 0 Å². The number of rotatable bonds is 14. The Morgan fingerprint density at radius 1 is 0.521 bits per heavy atom. The summed E-state index contributed by atoms with van der Waals surface area (Å²) in [4.78, 5) is 41.5. The molecular formula is C34H42N6O8. The number of nitrogens with zero attached hydrogens (tertiary/aromatic N) is 4. The zero-order valence-corrected chi connectivity index (χ0v) is 28.3. The summed E-state index contributed by atoms with van der Waals surface area (Å²) in [5, 5.41) is 5.67. The molecule has 0 bridgehead atoms. The van der Waals surface area contributed by atoms with E-state index in [9.17, 15) is 9.59 Å². The first kappa shape index (κ1) is 36.8. The van der Waals surface area contributed by atoms with Gasteiger partial charge in [-0.3, -0.25) is 9.59 Å². The number of nitrogens with one attached hydrogen (secondary N) is 2. The molecule has 4 rings (SSSR count). The largest absolute Gasteiger partial charge is 0.481 e. The van der Waals surface area contributed by atoms with Gasteiger partial charge in [0.25, 0.3) is 11.8 Å². The first-order chi connectivity index (χ1) is 23.1. The number of aromatic nitrogens is 4. The van der Waals surface area contributed by atoms with Crippen molar-refractivity contribution in [2.45, 2.75) is 52.0 Å². The second-order valence-corrected chi connectivity index (χ2v) is 10.6. The first-order valence-electron chi connectivity index (χ1n) is 15.0. The van der Waals surface area contributed by atoms with E-state index < -0.39 is 12.2 Å². The van der Waals surface area contributed by atoms with Crippen LogP contribution >= 0.6 is 0 Å². The van der Waals surface area contributed by atoms with Crippen LogP contribution in [0.2, 0.25) is 0 Å². The fraction of sp³-hybridized carbons (Fsp3) is 0.353. The summed E-state index contributed by atoms with van der Waals surface area (Å²) in [5.74, 6) is 0.588. The maximum atomic E-state index is 12.5. The summed E-state index contributed by atoms with van der Waals surface area (Å²) < 4.78 is 31.9. The van der Waals surface area contributed by atoms with Crippen LogP contribution in [-0.4, -0.2) is 72.3 Å². The van der Waals surface area contributed by atoms with Crippen molar-refractivity contribution in [1.82, 2.24) is 30.6 Å². The number of methoxy groups -OCH3 is 4. The minimum Gasteiger partial charge on any atom is -0.481 e. The summed E-state index contributed by atoms with van der Waals surface area (Å²) in [5.41, 5.74) is 1.39. The van der Waals surface area contributed by atoms with E-state index in [4.69, 9.17) is 28.4 Å². The predicted molar refractivity (Wildman–Crippen MR) is 176 cm³/mol. The number of hydrogen-bond donors (Lipinski definition) is 2. The Morgan fingerprint density at radius 2 is 0.812 bits per heavy atom. The van der Waals surface area contributed by atoms with Crippen molar-refractivity contribution >= 4 is 11.8 Å². The average molecular weight is 663 g/mol. The topological polar surface area (TPSA) is 165 Å². The zero-order chi connectivity index (χ0) is 35.1. The molecule has 0 saturated carbocycles. The highest BCUT2D eigenvalue weighted by atomic mass is 16.5. The highest BCUT2D eigenvalue weighted by Gasteiger charge is 2.26. The normalized spacial score (nSPS) is 11.7. The molecule has 4 aromatic rings. The van der Waals surface area contributed by atoms with Crippen molar-refractivity contribution < 1.29 is 38.0 Å². The van der Waals surface area contributed by atoms with E-state index in [0.29, 0.717) is 11.1 Å². The van der Waals surface area contributed by atoms with E-state index >= 15 is 0 Å². The van der Waals surface area contributed by atoms with Gasteiger partial charge in [-0.1, -0.05) is 60.7 Å². The number of benzene rings is 2. The molecule has 0 aliphatic rings. The standard InChI is InChI=1S/2C17H21N3O4/c2*1-11(2)18-16(21)15(12-8-6-5-7-9-12)24-17-19-13(22-3)10-14(20-17)23-4/h2*5-11,15H,1-4H3,(H,18,21). The van der Waals surface area contributed by atoms with Crippen molar-refractivity contribution in [3.63, 3.8) is 0 Å². The fourth-order valence-electron chi connectivity index (χ4n) is 4.02. The van der Waals surface area contributed by atoms with Gasteiger partial charge >= 0.3 is 12.0 Å². The minimum absolute atomic E-state index is 0.000964. The predicted octanol–water partition coefficient (Wildman–Crippen LogP) is 4.28. The molecule has 2 unspecified atom stereocenters. The van der Waals surface area contributed by atoms with Crippen LogP contribution in [0.1, 0.15) is 51.0 Å². The van der Waals surface area contributed by atoms with Crippen molar-refractivity contribution in [3.05, 3.63) is 83.9 Å². The third-order valence-corrected chi connectivity index (χ3v) is 6.14. The lowest BCUT2D eigenvalue weighted by atomic mass is 10.1. The summed E-state index contributed by atoms with van der Waals surface area (Å²) in [6.07, 6.45) is -1.77. The average Bonchev–Trinajstić information content (AvgIpc) is 3.09. The summed E-state index contributed by atoms with van der Waals surface area (Å²) >= 11 is 0. The summed E-state index contributed by atoms with van der Waals surface area (Å²) in [6.45, 7) is 7.52. The molecule has 48 heavy (non-hydrogen) atoms. The van der Waals surface area contributed by atoms with Gasteiger partial charge in [-0.2, -0.15) is 19.9 Å². The molecule has 0 fully saturated rings. The van der Waals surface area contributed by atoms with Gasteiger partial charge in [-0.15, -0.1) is 0 Å². The van der Waals surface area contributed by atoms with Crippen molar-refractivity contribution in [3.8, 4) is 35.5 Å². The molecule has 0 saturated heterocycles. The van der Waals surface area contributed by atoms with Gasteiger partial charge in [0.15, 0.2) is 0 Å². The minimum atomic E-state index is -0.884. The molecule has 2 aromatic carbocycles. The quantitative estimate of drug-likeness (QED) is 0.197. The Kier molecular flexibility index (Phi) is 14.2. The molecule has 256 valence electrons. The highest BCUT2D eigenvalue weighted by molar-refractivity contribution is 5.83. The van der Waals surface area contributed by atoms with Crippen LogP contribution in [-0.2, 0) is 9.59 Å². The molecule has 0 aliphatic heterocycles. The van der Waals surface area contributed by atoms with Crippen LogP contribution in [0.4, 0.5) is 0 Å². The number of hydrogen-bond acceptors (Lipinski definition) is 12. The van der Waals surface area contributed by atoms with Crippen molar-refractivity contribution in [2.75, 3.05) is 28.4 Å². The van der Waals surface area contributed by atoms with Gasteiger partial charge in [0.1, 0.15) is 0 Å². The molecular weight excluding hydrogens is 620 g/mol. The number of ether oxygens (including phenoxy) is 6. The van der Waals surface area contributed by atoms with Gasteiger partial charge in [-0.05, 0) is 27.7 Å². The zero-order valence-electron chi connectivity index (χ0n) is 28.3. The Balaban J connectivity index is 0.000000260. The van der Waals surface area contributed by atoms with Gasteiger partial charge in [0.2, 0.25) is 35.7 Å². The lowest BCUT2D eigenvalue weighted by molar-refractivity contribution is -0.129. The monoisotopic (exact) mass is 662 g/mol. The number of amides is 2. The van der Waals surface area contributed by atoms with Crippen molar-refractivity contribution in [2.24, 2.45) is 0 Å². The van der Waals surface area contributed by atoms with Gasteiger partial charge in [0, 0.05) is 23.2 Å². The SMILES string of the molecule is COc1cc(OC)nc(OC(C(=O)NC(C)C)c2ccccc2)n1.COc1cc(OC)nc(OC(C(=O)NC(C)C)c2ccccc2)n1. The molecule has 2 heterocycles. The Hall–Kier alpha value is -5.66. The van der Waals surface area contributed by atoms with Gasteiger partial charge < -0.3 is 39.1 Å². The van der Waals surface area contributed by atoms with Gasteiger partial charge in [0.05, 0.1) is 40.6 Å². The van der Waals surface area contributed by atoms with E-state index in [1.807, 2.05) is 88.4 Å². The molecule has 2 aromatic heterocycles. The molecule has 14 nitrogen and oxygen atoms in total. The lowest BCUT2D eigenvalue weighted by Crippen LogP contribution is -2.37. The molecule has 2 atom stereocenters. The summed E-state index contributed by atoms with van der Waals surface area (Å²) in [7, 11) is 5.91. The molecule has 0 aliphatic carbocycles. The molecule has 14 heteroatoms. The van der Waals surface area contributed by atoms with E-state index in [1.165, 1.54) is 40.6 Å². The van der Waals surface area contributed by atoms with E-state index in [-0.39, 0.29) is 59.4 Å². The van der Waals surface area contributed by atoms with Crippen LogP contribution in [0.3, 0.4) is 0 Å². The van der Waals surface area contributed by atoms with Crippen LogP contribution in [0.15, 0.2) is 72.8 Å². The molecule has 2 amide bonds. The first-order valence-corrected chi connectivity index (χ1v) is 15.0. The van der Waals surface area contributed by atoms with Crippen LogP contribution in [0.5, 0.6) is 35.5 Å². The number of carbonyl (C=O) groups is 2. The third-order valence-electron chi connectivity index (χ3n) is 6.14. The van der Waals surface area contributed by atoms with E-state index in [0.717, 1.165) is 0 Å². The lowest BCUT2D eigenvalue weighted by Gasteiger charge is -2.19.